The minimum atomic E-state index is -0.702. The summed E-state index contributed by atoms with van der Waals surface area (Å²) in [6, 6.07) is 15.7. The second-order valence-electron chi connectivity index (χ2n) is 11.1. The normalized spacial score (nSPS) is 17.8. The summed E-state index contributed by atoms with van der Waals surface area (Å²) in [6.07, 6.45) is 1.57. The van der Waals surface area contributed by atoms with Crippen molar-refractivity contribution in [1.82, 2.24) is 14.7 Å². The maximum Gasteiger partial charge on any atom is 0.306 e. The summed E-state index contributed by atoms with van der Waals surface area (Å²) in [5, 5.41) is 0. The van der Waals surface area contributed by atoms with Gasteiger partial charge in [0.25, 0.3) is 5.91 Å². The number of benzene rings is 2. The van der Waals surface area contributed by atoms with Crippen LogP contribution in [0.15, 0.2) is 48.5 Å². The standard InChI is InChI=1S/C32H44N4O5/c1-5-32(33(2)3,30(38)26-10-12-28(13-11-26)35-20-22-41-23-21-35)24-25-6-8-27(9-7-25)31(39)36-18-16-34(17-19-36)15-14-29(37)40-4/h6-13H,5,14-24H2,1-4H3. The Morgan fingerprint density at radius 2 is 1.49 bits per heavy atom. The highest BCUT2D eigenvalue weighted by molar-refractivity contribution is 6.03. The zero-order valence-electron chi connectivity index (χ0n) is 24.9. The third kappa shape index (κ3) is 7.33. The van der Waals surface area contributed by atoms with Crippen LogP contribution in [0.3, 0.4) is 0 Å². The minimum Gasteiger partial charge on any atom is -0.469 e. The van der Waals surface area contributed by atoms with E-state index in [1.54, 1.807) is 0 Å². The number of hydrogen-bond acceptors (Lipinski definition) is 8. The molecule has 2 heterocycles. The Morgan fingerprint density at radius 3 is 2.05 bits per heavy atom. The molecule has 0 N–H and O–H groups in total. The van der Waals surface area contributed by atoms with E-state index < -0.39 is 5.54 Å². The summed E-state index contributed by atoms with van der Waals surface area (Å²) in [4.78, 5) is 46.9. The summed E-state index contributed by atoms with van der Waals surface area (Å²) in [6.45, 7) is 8.58. The number of anilines is 1. The van der Waals surface area contributed by atoms with Crippen LogP contribution in [0.4, 0.5) is 5.69 Å². The summed E-state index contributed by atoms with van der Waals surface area (Å²) < 4.78 is 10.2. The Balaban J connectivity index is 1.40. The van der Waals surface area contributed by atoms with Crippen molar-refractivity contribution in [1.29, 1.82) is 0 Å². The Labute approximate surface area is 244 Å². The molecule has 2 aliphatic rings. The molecule has 222 valence electrons. The Morgan fingerprint density at radius 1 is 0.878 bits per heavy atom. The van der Waals surface area contributed by atoms with Crippen LogP contribution in [0.1, 0.15) is 46.0 Å². The fraction of sp³-hybridized carbons (Fsp3) is 0.531. The van der Waals surface area contributed by atoms with E-state index in [0.717, 1.165) is 50.6 Å². The molecule has 4 rings (SSSR count). The fourth-order valence-electron chi connectivity index (χ4n) is 5.77. The first-order valence-electron chi connectivity index (χ1n) is 14.6. The van der Waals surface area contributed by atoms with Crippen LogP contribution in [0, 0.1) is 0 Å². The monoisotopic (exact) mass is 564 g/mol. The number of Topliss-reactive ketones (excluding diaryl/α,β-unsaturated/α-hetero) is 1. The van der Waals surface area contributed by atoms with Gasteiger partial charge in [-0.15, -0.1) is 0 Å². The van der Waals surface area contributed by atoms with E-state index in [1.165, 1.54) is 7.11 Å². The molecule has 2 fully saturated rings. The molecule has 1 amide bonds. The average molecular weight is 565 g/mol. The third-order valence-electron chi connectivity index (χ3n) is 8.59. The molecule has 0 radical (unpaired) electrons. The number of carbonyl (C=O) groups excluding carboxylic acids is 3. The molecule has 9 heteroatoms. The molecular weight excluding hydrogens is 520 g/mol. The number of morpholine rings is 1. The number of carbonyl (C=O) groups is 3. The second-order valence-corrected chi connectivity index (χ2v) is 11.1. The van der Waals surface area contributed by atoms with E-state index in [-0.39, 0.29) is 17.7 Å². The number of ketones is 1. The lowest BCUT2D eigenvalue weighted by Crippen LogP contribution is -2.52. The van der Waals surface area contributed by atoms with Crippen LogP contribution < -0.4 is 4.90 Å². The zero-order valence-corrected chi connectivity index (χ0v) is 24.9. The van der Waals surface area contributed by atoms with Gasteiger partial charge in [0.15, 0.2) is 5.78 Å². The van der Waals surface area contributed by atoms with Crippen LogP contribution in [0.25, 0.3) is 0 Å². The lowest BCUT2D eigenvalue weighted by atomic mass is 9.80. The van der Waals surface area contributed by atoms with Gasteiger partial charge >= 0.3 is 5.97 Å². The molecule has 1 unspecified atom stereocenters. The van der Waals surface area contributed by atoms with Gasteiger partial charge in [-0.3, -0.25) is 24.2 Å². The Kier molecular flexibility index (Phi) is 10.5. The molecule has 0 bridgehead atoms. The maximum absolute atomic E-state index is 14.0. The molecule has 0 aromatic heterocycles. The number of rotatable bonds is 11. The maximum atomic E-state index is 14.0. The van der Waals surface area contributed by atoms with Crippen molar-refractivity contribution in [2.75, 3.05) is 85.1 Å². The van der Waals surface area contributed by atoms with Gasteiger partial charge in [-0.1, -0.05) is 19.1 Å². The van der Waals surface area contributed by atoms with Crippen LogP contribution in [0.2, 0.25) is 0 Å². The van der Waals surface area contributed by atoms with Crippen molar-refractivity contribution >= 4 is 23.3 Å². The molecule has 0 aliphatic carbocycles. The van der Waals surface area contributed by atoms with Gasteiger partial charge in [-0.25, -0.2) is 0 Å². The molecule has 2 saturated heterocycles. The number of amides is 1. The Hall–Kier alpha value is -3.27. The minimum absolute atomic E-state index is 0.00923. The third-order valence-corrected chi connectivity index (χ3v) is 8.59. The second kappa shape index (κ2) is 14.1. The first-order valence-corrected chi connectivity index (χ1v) is 14.6. The summed E-state index contributed by atoms with van der Waals surface area (Å²) in [7, 11) is 5.33. The quantitative estimate of drug-likeness (QED) is 0.304. The molecule has 0 saturated carbocycles. The summed E-state index contributed by atoms with van der Waals surface area (Å²) >= 11 is 0. The number of likely N-dealkylation sites (N-methyl/N-ethyl adjacent to an activating group) is 1. The predicted octanol–water partition coefficient (Wildman–Crippen LogP) is 2.98. The van der Waals surface area contributed by atoms with Crippen LogP contribution in [0.5, 0.6) is 0 Å². The van der Waals surface area contributed by atoms with Crippen molar-refractivity contribution in [3.63, 3.8) is 0 Å². The first kappa shape index (κ1) is 30.7. The zero-order chi connectivity index (χ0) is 29.4. The van der Waals surface area contributed by atoms with E-state index in [9.17, 15) is 14.4 Å². The topological polar surface area (TPSA) is 82.6 Å². The number of nitrogens with zero attached hydrogens (tertiary/aromatic N) is 4. The van der Waals surface area contributed by atoms with Crippen molar-refractivity contribution in [3.05, 3.63) is 65.2 Å². The molecule has 0 spiro atoms. The van der Waals surface area contributed by atoms with Crippen molar-refractivity contribution in [2.24, 2.45) is 0 Å². The van der Waals surface area contributed by atoms with Crippen LogP contribution in [-0.4, -0.2) is 118 Å². The molecule has 41 heavy (non-hydrogen) atoms. The SMILES string of the molecule is CCC(Cc1ccc(C(=O)N2CCN(CCC(=O)OC)CC2)cc1)(C(=O)c1ccc(N2CCOCC2)cc1)N(C)C. The van der Waals surface area contributed by atoms with Gasteiger partial charge in [0.1, 0.15) is 0 Å². The summed E-state index contributed by atoms with van der Waals surface area (Å²) in [5.74, 6) is -0.105. The predicted molar refractivity (Wildman–Crippen MR) is 160 cm³/mol. The van der Waals surface area contributed by atoms with E-state index in [4.69, 9.17) is 9.47 Å². The van der Waals surface area contributed by atoms with Gasteiger partial charge in [0, 0.05) is 62.6 Å². The fourth-order valence-corrected chi connectivity index (χ4v) is 5.77. The van der Waals surface area contributed by atoms with Gasteiger partial charge in [-0.2, -0.15) is 0 Å². The van der Waals surface area contributed by atoms with Gasteiger partial charge in [0.05, 0.1) is 32.3 Å². The van der Waals surface area contributed by atoms with E-state index in [2.05, 4.69) is 16.7 Å². The molecule has 9 nitrogen and oxygen atoms in total. The van der Waals surface area contributed by atoms with Crippen molar-refractivity contribution < 1.29 is 23.9 Å². The highest BCUT2D eigenvalue weighted by Gasteiger charge is 2.39. The van der Waals surface area contributed by atoms with Crippen molar-refractivity contribution in [2.45, 2.75) is 31.7 Å². The number of methoxy groups -OCH3 is 1. The molecule has 2 aromatic rings. The van der Waals surface area contributed by atoms with E-state index in [1.807, 2.05) is 72.4 Å². The number of piperazine rings is 1. The van der Waals surface area contributed by atoms with E-state index >= 15 is 0 Å². The lowest BCUT2D eigenvalue weighted by Gasteiger charge is -2.38. The molecular formula is C32H44N4O5. The highest BCUT2D eigenvalue weighted by Crippen LogP contribution is 2.29. The largest absolute Gasteiger partial charge is 0.469 e. The average Bonchev–Trinajstić information content (AvgIpc) is 3.02. The van der Waals surface area contributed by atoms with E-state index in [0.29, 0.717) is 50.0 Å². The summed E-state index contributed by atoms with van der Waals surface area (Å²) in [5.41, 5.74) is 2.78. The smallest absolute Gasteiger partial charge is 0.306 e. The molecule has 2 aromatic carbocycles. The van der Waals surface area contributed by atoms with Gasteiger partial charge in [0.2, 0.25) is 0 Å². The van der Waals surface area contributed by atoms with Crippen molar-refractivity contribution in [3.8, 4) is 0 Å². The van der Waals surface area contributed by atoms with Gasteiger partial charge in [-0.05, 0) is 68.9 Å². The molecule has 2 aliphatic heterocycles. The van der Waals surface area contributed by atoms with Crippen LogP contribution in [-0.2, 0) is 20.7 Å². The highest BCUT2D eigenvalue weighted by atomic mass is 16.5. The number of ether oxygens (including phenoxy) is 2. The molecule has 1 atom stereocenters. The number of hydrogen-bond donors (Lipinski definition) is 0. The number of esters is 1. The van der Waals surface area contributed by atoms with Gasteiger partial charge < -0.3 is 19.3 Å². The van der Waals surface area contributed by atoms with Crippen LogP contribution >= 0.6 is 0 Å². The first-order chi connectivity index (χ1) is 19.8. The lowest BCUT2D eigenvalue weighted by molar-refractivity contribution is -0.141. The Bertz CT molecular complexity index is 1170.